The number of amides is 1. The van der Waals surface area contributed by atoms with E-state index >= 15 is 0 Å². The van der Waals surface area contributed by atoms with Gasteiger partial charge in [0.05, 0.1) is 19.3 Å². The fourth-order valence-corrected chi connectivity index (χ4v) is 3.33. The summed E-state index contributed by atoms with van der Waals surface area (Å²) in [5.74, 6) is 2.71. The summed E-state index contributed by atoms with van der Waals surface area (Å²) in [6, 6.07) is 7.50. The maximum absolute atomic E-state index is 12.6. The molecule has 150 valence electrons. The molecule has 1 aliphatic heterocycles. The van der Waals surface area contributed by atoms with Gasteiger partial charge in [0.2, 0.25) is 17.6 Å². The molecule has 0 saturated carbocycles. The molecular formula is C21H23N5O3. The predicted molar refractivity (Wildman–Crippen MR) is 105 cm³/mol. The van der Waals surface area contributed by atoms with Gasteiger partial charge in [0.25, 0.3) is 0 Å². The van der Waals surface area contributed by atoms with Crippen LogP contribution in [0.25, 0.3) is 11.4 Å². The smallest absolute Gasteiger partial charge is 0.226 e. The highest BCUT2D eigenvalue weighted by molar-refractivity contribution is 5.76. The van der Waals surface area contributed by atoms with Gasteiger partial charge < -0.3 is 14.2 Å². The second kappa shape index (κ2) is 8.38. The summed E-state index contributed by atoms with van der Waals surface area (Å²) >= 11 is 0. The highest BCUT2D eigenvalue weighted by atomic mass is 16.5. The molecule has 0 aliphatic carbocycles. The molecule has 0 radical (unpaired) electrons. The second-order valence-corrected chi connectivity index (χ2v) is 6.96. The zero-order valence-electron chi connectivity index (χ0n) is 16.6. The largest absolute Gasteiger partial charge is 0.497 e. The number of carbonyl (C=O) groups excluding carboxylic acids is 1. The standard InChI is InChI=1S/C21H23N5O3/c1-3-18-22-11-15-12-26(13-17(15)23-18)20(27)9-5-8-19-24-21(25-29-19)14-6-4-7-16(10-14)28-2/h4,6-7,10-11H,3,5,8-9,12-13H2,1-2H3. The van der Waals surface area contributed by atoms with Crippen molar-refractivity contribution in [3.05, 3.63) is 53.4 Å². The Labute approximate surface area is 168 Å². The third-order valence-electron chi connectivity index (χ3n) is 4.95. The Bertz CT molecular complexity index is 1020. The molecule has 0 saturated heterocycles. The average Bonchev–Trinajstić information content (AvgIpc) is 3.40. The van der Waals surface area contributed by atoms with Crippen molar-refractivity contribution in [1.82, 2.24) is 25.0 Å². The van der Waals surface area contributed by atoms with Crippen LogP contribution in [0.3, 0.4) is 0 Å². The van der Waals surface area contributed by atoms with Crippen LogP contribution in [0.4, 0.5) is 0 Å². The van der Waals surface area contributed by atoms with Crippen LogP contribution in [0.2, 0.25) is 0 Å². The van der Waals surface area contributed by atoms with Crippen LogP contribution in [-0.2, 0) is 30.7 Å². The molecule has 1 amide bonds. The van der Waals surface area contributed by atoms with E-state index in [1.54, 1.807) is 7.11 Å². The number of carbonyl (C=O) groups is 1. The van der Waals surface area contributed by atoms with E-state index in [1.165, 1.54) is 0 Å². The van der Waals surface area contributed by atoms with E-state index in [1.807, 2.05) is 42.3 Å². The summed E-state index contributed by atoms with van der Waals surface area (Å²) in [5.41, 5.74) is 2.83. The summed E-state index contributed by atoms with van der Waals surface area (Å²) in [6.45, 7) is 3.17. The second-order valence-electron chi connectivity index (χ2n) is 6.96. The molecule has 3 aromatic rings. The van der Waals surface area contributed by atoms with Gasteiger partial charge >= 0.3 is 0 Å². The van der Waals surface area contributed by atoms with Crippen LogP contribution < -0.4 is 4.74 Å². The molecule has 4 rings (SSSR count). The Kier molecular flexibility index (Phi) is 5.50. The SMILES string of the molecule is CCc1ncc2c(n1)CN(C(=O)CCCc1nc(-c3cccc(OC)c3)no1)C2. The van der Waals surface area contributed by atoms with E-state index in [2.05, 4.69) is 20.1 Å². The van der Waals surface area contributed by atoms with Gasteiger partial charge in [0.1, 0.15) is 11.6 Å². The van der Waals surface area contributed by atoms with Gasteiger partial charge in [-0.25, -0.2) is 9.97 Å². The van der Waals surface area contributed by atoms with E-state index in [-0.39, 0.29) is 5.91 Å². The highest BCUT2D eigenvalue weighted by Crippen LogP contribution is 2.23. The average molecular weight is 393 g/mol. The Morgan fingerprint density at radius 3 is 3.00 bits per heavy atom. The minimum atomic E-state index is 0.105. The lowest BCUT2D eigenvalue weighted by atomic mass is 10.2. The lowest BCUT2D eigenvalue weighted by Crippen LogP contribution is -2.25. The number of rotatable bonds is 7. The lowest BCUT2D eigenvalue weighted by molar-refractivity contribution is -0.131. The third-order valence-corrected chi connectivity index (χ3v) is 4.95. The van der Waals surface area contributed by atoms with Crippen LogP contribution in [0.1, 0.15) is 42.7 Å². The molecule has 3 heterocycles. The molecule has 8 nitrogen and oxygen atoms in total. The first kappa shape index (κ1) is 19.0. The number of aryl methyl sites for hydroxylation is 2. The fraction of sp³-hybridized carbons (Fsp3) is 0.381. The van der Waals surface area contributed by atoms with Gasteiger partial charge in [-0.2, -0.15) is 4.98 Å². The van der Waals surface area contributed by atoms with Crippen molar-refractivity contribution in [1.29, 1.82) is 0 Å². The molecule has 8 heteroatoms. The first-order valence-electron chi connectivity index (χ1n) is 9.74. The predicted octanol–water partition coefficient (Wildman–Crippen LogP) is 2.96. The quantitative estimate of drug-likeness (QED) is 0.609. The van der Waals surface area contributed by atoms with E-state index in [9.17, 15) is 4.79 Å². The highest BCUT2D eigenvalue weighted by Gasteiger charge is 2.24. The number of hydrogen-bond donors (Lipinski definition) is 0. The van der Waals surface area contributed by atoms with Gasteiger partial charge in [-0.3, -0.25) is 4.79 Å². The maximum atomic E-state index is 12.6. The van der Waals surface area contributed by atoms with Crippen LogP contribution in [-0.4, -0.2) is 38.0 Å². The van der Waals surface area contributed by atoms with E-state index in [0.29, 0.717) is 44.1 Å². The number of hydrogen-bond acceptors (Lipinski definition) is 7. The summed E-state index contributed by atoms with van der Waals surface area (Å²) in [6.07, 6.45) is 4.27. The monoisotopic (exact) mass is 393 g/mol. The van der Waals surface area contributed by atoms with E-state index < -0.39 is 0 Å². The molecule has 0 unspecified atom stereocenters. The van der Waals surface area contributed by atoms with Gasteiger partial charge in [-0.1, -0.05) is 24.2 Å². The van der Waals surface area contributed by atoms with Crippen LogP contribution in [0.5, 0.6) is 5.75 Å². The topological polar surface area (TPSA) is 94.2 Å². The molecule has 2 aromatic heterocycles. The molecule has 0 bridgehead atoms. The minimum absolute atomic E-state index is 0.105. The normalized spacial score (nSPS) is 12.8. The summed E-state index contributed by atoms with van der Waals surface area (Å²) in [7, 11) is 1.62. The summed E-state index contributed by atoms with van der Waals surface area (Å²) < 4.78 is 10.6. The zero-order chi connectivity index (χ0) is 20.2. The minimum Gasteiger partial charge on any atom is -0.497 e. The van der Waals surface area contributed by atoms with Crippen LogP contribution in [0, 0.1) is 0 Å². The lowest BCUT2D eigenvalue weighted by Gasteiger charge is -2.14. The van der Waals surface area contributed by atoms with Crippen molar-refractivity contribution in [2.75, 3.05) is 7.11 Å². The van der Waals surface area contributed by atoms with Crippen molar-refractivity contribution in [3.8, 4) is 17.1 Å². The van der Waals surface area contributed by atoms with Crippen molar-refractivity contribution in [2.24, 2.45) is 0 Å². The van der Waals surface area contributed by atoms with Gasteiger partial charge in [-0.05, 0) is 18.6 Å². The number of nitrogens with zero attached hydrogens (tertiary/aromatic N) is 5. The van der Waals surface area contributed by atoms with Gasteiger partial charge in [-0.15, -0.1) is 0 Å². The molecule has 0 atom stereocenters. The first-order chi connectivity index (χ1) is 14.2. The Hall–Kier alpha value is -3.29. The Morgan fingerprint density at radius 1 is 1.28 bits per heavy atom. The van der Waals surface area contributed by atoms with Crippen molar-refractivity contribution >= 4 is 5.91 Å². The maximum Gasteiger partial charge on any atom is 0.226 e. The van der Waals surface area contributed by atoms with E-state index in [0.717, 1.165) is 34.8 Å². The summed E-state index contributed by atoms with van der Waals surface area (Å²) in [4.78, 5) is 27.7. The molecule has 0 N–H and O–H groups in total. The first-order valence-corrected chi connectivity index (χ1v) is 9.74. The fourth-order valence-electron chi connectivity index (χ4n) is 3.33. The number of benzene rings is 1. The van der Waals surface area contributed by atoms with Crippen LogP contribution >= 0.6 is 0 Å². The molecule has 1 aliphatic rings. The van der Waals surface area contributed by atoms with Crippen LogP contribution in [0.15, 0.2) is 35.0 Å². The molecular weight excluding hydrogens is 370 g/mol. The van der Waals surface area contributed by atoms with Gasteiger partial charge in [0, 0.05) is 43.1 Å². The summed E-state index contributed by atoms with van der Waals surface area (Å²) in [5, 5.41) is 4.03. The number of fused-ring (bicyclic) bond motifs is 1. The van der Waals surface area contributed by atoms with E-state index in [4.69, 9.17) is 9.26 Å². The molecule has 1 aromatic carbocycles. The number of methoxy groups -OCH3 is 1. The number of aromatic nitrogens is 4. The molecule has 0 fully saturated rings. The number of ether oxygens (including phenoxy) is 1. The third kappa shape index (κ3) is 4.26. The van der Waals surface area contributed by atoms with Gasteiger partial charge in [0.15, 0.2) is 0 Å². The van der Waals surface area contributed by atoms with Crippen molar-refractivity contribution in [3.63, 3.8) is 0 Å². The Morgan fingerprint density at radius 2 is 2.17 bits per heavy atom. The van der Waals surface area contributed by atoms with Crippen molar-refractivity contribution < 1.29 is 14.1 Å². The van der Waals surface area contributed by atoms with Crippen molar-refractivity contribution in [2.45, 2.75) is 45.7 Å². The molecule has 0 spiro atoms. The zero-order valence-corrected chi connectivity index (χ0v) is 16.6. The molecule has 29 heavy (non-hydrogen) atoms. The Balaban J connectivity index is 1.29.